The molecule has 0 aliphatic heterocycles. The molecule has 3 fully saturated rings. The van der Waals surface area contributed by atoms with Crippen LogP contribution in [0.3, 0.4) is 0 Å². The van der Waals surface area contributed by atoms with Crippen molar-refractivity contribution in [2.75, 3.05) is 6.54 Å². The number of Topliss-reactive ketones (excluding diaryl/α,β-unsaturated/α-hetero) is 1. The van der Waals surface area contributed by atoms with Gasteiger partial charge in [-0.2, -0.15) is 18.4 Å². The number of allylic oxidation sites excluding steroid dienone is 4. The van der Waals surface area contributed by atoms with Gasteiger partial charge in [0.2, 0.25) is 5.91 Å². The summed E-state index contributed by atoms with van der Waals surface area (Å²) in [4.78, 5) is 40.5. The summed E-state index contributed by atoms with van der Waals surface area (Å²) in [5, 5.41) is 11.9. The zero-order chi connectivity index (χ0) is 30.8. The molecule has 0 heterocycles. The van der Waals surface area contributed by atoms with Crippen molar-refractivity contribution < 1.29 is 27.6 Å². The summed E-state index contributed by atoms with van der Waals surface area (Å²) >= 11 is 0. The van der Waals surface area contributed by atoms with Crippen LogP contribution in [0.4, 0.5) is 13.2 Å². The number of carbonyl (C=O) groups is 3. The summed E-state index contributed by atoms with van der Waals surface area (Å²) in [6.07, 6.45) is 3.48. The molecule has 0 saturated heterocycles. The predicted molar refractivity (Wildman–Crippen MR) is 150 cm³/mol. The molecule has 41 heavy (non-hydrogen) atoms. The summed E-state index contributed by atoms with van der Waals surface area (Å²) in [6.45, 7) is 13.0. The first-order chi connectivity index (χ1) is 19.0. The highest BCUT2D eigenvalue weighted by atomic mass is 19.4. The highest BCUT2D eigenvalue weighted by Crippen LogP contribution is 2.69. The van der Waals surface area contributed by atoms with Gasteiger partial charge in [0.05, 0.1) is 11.0 Å². The molecule has 5 aliphatic rings. The molecule has 0 aromatic carbocycles. The second-order valence-electron chi connectivity index (χ2n) is 14.2. The Morgan fingerprint density at radius 3 is 2.27 bits per heavy atom. The molecular weight excluding hydrogens is 529 g/mol. The molecule has 0 spiro atoms. The number of alkyl halides is 3. The lowest BCUT2D eigenvalue weighted by Gasteiger charge is -2.64. The fourth-order valence-electron chi connectivity index (χ4n) is 9.65. The number of amides is 1. The maximum absolute atomic E-state index is 14.1. The van der Waals surface area contributed by atoms with E-state index in [0.717, 1.165) is 24.8 Å². The molecule has 8 unspecified atom stereocenters. The lowest BCUT2D eigenvalue weighted by atomic mass is 9.39. The molecule has 0 radical (unpaired) electrons. The van der Waals surface area contributed by atoms with Gasteiger partial charge in [0.15, 0.2) is 11.6 Å². The van der Waals surface area contributed by atoms with Crippen LogP contribution in [0.2, 0.25) is 0 Å². The van der Waals surface area contributed by atoms with Crippen LogP contribution in [0.15, 0.2) is 23.3 Å². The number of carbonyl (C=O) groups excluding carboxylic acids is 3. The van der Waals surface area contributed by atoms with Crippen LogP contribution in [-0.4, -0.2) is 30.2 Å². The minimum Gasteiger partial charge on any atom is -0.346 e. The molecular formula is C33H45F3N2O3. The summed E-state index contributed by atoms with van der Waals surface area (Å²) < 4.78 is 39.1. The molecule has 3 saturated carbocycles. The van der Waals surface area contributed by atoms with E-state index in [4.69, 9.17) is 0 Å². The average Bonchev–Trinajstić information content (AvgIpc) is 2.90. The van der Waals surface area contributed by atoms with Crippen LogP contribution in [0, 0.1) is 62.6 Å². The van der Waals surface area contributed by atoms with E-state index in [1.807, 2.05) is 20.8 Å². The smallest absolute Gasteiger partial charge is 0.346 e. The number of hydrogen-bond acceptors (Lipinski definition) is 4. The highest BCUT2D eigenvalue weighted by molar-refractivity contribution is 6.02. The van der Waals surface area contributed by atoms with E-state index in [2.05, 4.69) is 39.1 Å². The van der Waals surface area contributed by atoms with Gasteiger partial charge in [0, 0.05) is 17.3 Å². The summed E-state index contributed by atoms with van der Waals surface area (Å²) in [5.41, 5.74) is -0.945. The van der Waals surface area contributed by atoms with Crippen molar-refractivity contribution in [3.05, 3.63) is 23.3 Å². The SMILES string of the molecule is CC.CC1C(=O)C(C#N)=CC2(C)C3=CC(=O)C4C(CCC5(C(=O)NCC(F)(F)F)CCC(C)(C)CC45)C3(C)CCC12. The topological polar surface area (TPSA) is 87.0 Å². The highest BCUT2D eigenvalue weighted by Gasteiger charge is 2.65. The summed E-state index contributed by atoms with van der Waals surface area (Å²) in [5.74, 6) is -1.90. The van der Waals surface area contributed by atoms with Crippen molar-refractivity contribution in [1.29, 1.82) is 5.26 Å². The van der Waals surface area contributed by atoms with Gasteiger partial charge < -0.3 is 5.32 Å². The van der Waals surface area contributed by atoms with Crippen LogP contribution < -0.4 is 5.32 Å². The molecule has 0 aromatic rings. The van der Waals surface area contributed by atoms with Crippen LogP contribution in [0.5, 0.6) is 0 Å². The van der Waals surface area contributed by atoms with Crippen LogP contribution in [0.1, 0.15) is 93.4 Å². The van der Waals surface area contributed by atoms with Crippen LogP contribution in [-0.2, 0) is 14.4 Å². The van der Waals surface area contributed by atoms with E-state index in [0.29, 0.717) is 25.7 Å². The van der Waals surface area contributed by atoms with E-state index in [1.165, 1.54) is 0 Å². The third-order valence-electron chi connectivity index (χ3n) is 11.6. The number of rotatable bonds is 2. The predicted octanol–water partition coefficient (Wildman–Crippen LogP) is 7.13. The molecule has 1 amide bonds. The van der Waals surface area contributed by atoms with E-state index in [1.54, 1.807) is 12.2 Å². The van der Waals surface area contributed by atoms with Crippen molar-refractivity contribution in [1.82, 2.24) is 5.32 Å². The van der Waals surface area contributed by atoms with Crippen molar-refractivity contribution in [3.8, 4) is 6.07 Å². The van der Waals surface area contributed by atoms with Gasteiger partial charge in [0.1, 0.15) is 12.6 Å². The zero-order valence-corrected chi connectivity index (χ0v) is 25.5. The lowest BCUT2D eigenvalue weighted by Crippen LogP contribution is -2.62. The van der Waals surface area contributed by atoms with Crippen molar-refractivity contribution in [2.24, 2.45) is 51.2 Å². The van der Waals surface area contributed by atoms with E-state index in [-0.39, 0.29) is 51.6 Å². The largest absolute Gasteiger partial charge is 0.405 e. The molecule has 5 aliphatic carbocycles. The first-order valence-corrected chi connectivity index (χ1v) is 15.3. The third-order valence-corrected chi connectivity index (χ3v) is 11.6. The van der Waals surface area contributed by atoms with Gasteiger partial charge >= 0.3 is 6.18 Å². The summed E-state index contributed by atoms with van der Waals surface area (Å²) in [7, 11) is 0. The minimum absolute atomic E-state index is 0.00443. The Kier molecular flexibility index (Phi) is 7.98. The maximum atomic E-state index is 14.1. The first kappa shape index (κ1) is 31.5. The average molecular weight is 575 g/mol. The number of fused-ring (bicyclic) bond motifs is 7. The van der Waals surface area contributed by atoms with Crippen LogP contribution in [0.25, 0.3) is 0 Å². The Balaban J connectivity index is 0.00000189. The lowest BCUT2D eigenvalue weighted by molar-refractivity contribution is -0.166. The Morgan fingerprint density at radius 2 is 1.66 bits per heavy atom. The quantitative estimate of drug-likeness (QED) is 0.380. The monoisotopic (exact) mass is 574 g/mol. The van der Waals surface area contributed by atoms with Gasteiger partial charge in [-0.25, -0.2) is 0 Å². The standard InChI is InChI=1S/C31H39F3N2O3.C2H6/c1-17-19-6-8-28(4)20-7-9-30(26(39)36-16-31(32,33)34)11-10-27(2,3)14-21(30)24(20)22(37)12-23(28)29(19,5)13-18(15-35)25(17)38;1-2/h12-13,17,19-21,24H,6-11,14,16H2,1-5H3,(H,36,39);1-2H3. The number of nitriles is 1. The first-order valence-electron chi connectivity index (χ1n) is 15.3. The second kappa shape index (κ2) is 10.4. The molecule has 1 N–H and O–H groups in total. The maximum Gasteiger partial charge on any atom is 0.405 e. The van der Waals surface area contributed by atoms with Gasteiger partial charge in [-0.3, -0.25) is 14.4 Å². The van der Waals surface area contributed by atoms with E-state index in [9.17, 15) is 32.8 Å². The Hall–Kier alpha value is -2.43. The molecule has 5 rings (SSSR count). The molecule has 0 aromatic heterocycles. The fourth-order valence-corrected chi connectivity index (χ4v) is 9.65. The van der Waals surface area contributed by atoms with Gasteiger partial charge in [-0.05, 0) is 79.6 Å². The molecule has 226 valence electrons. The zero-order valence-electron chi connectivity index (χ0n) is 25.5. The van der Waals surface area contributed by atoms with E-state index >= 15 is 0 Å². The van der Waals surface area contributed by atoms with Crippen molar-refractivity contribution in [2.45, 2.75) is 99.6 Å². The van der Waals surface area contributed by atoms with Gasteiger partial charge in [-0.1, -0.05) is 60.1 Å². The Labute approximate surface area is 242 Å². The molecule has 5 nitrogen and oxygen atoms in total. The number of hydrogen-bond donors (Lipinski definition) is 1. The number of nitrogens with zero attached hydrogens (tertiary/aromatic N) is 1. The van der Waals surface area contributed by atoms with Gasteiger partial charge in [-0.15, -0.1) is 0 Å². The summed E-state index contributed by atoms with van der Waals surface area (Å²) in [6, 6.07) is 2.08. The van der Waals surface area contributed by atoms with Crippen molar-refractivity contribution >= 4 is 17.5 Å². The minimum atomic E-state index is -4.50. The van der Waals surface area contributed by atoms with Crippen LogP contribution >= 0.6 is 0 Å². The molecule has 8 heteroatoms. The number of ketones is 2. The fraction of sp³-hybridized carbons (Fsp3) is 0.758. The van der Waals surface area contributed by atoms with Crippen molar-refractivity contribution in [3.63, 3.8) is 0 Å². The van der Waals surface area contributed by atoms with Gasteiger partial charge in [0.25, 0.3) is 0 Å². The number of halogens is 3. The molecule has 0 bridgehead atoms. The molecule has 8 atom stereocenters. The van der Waals surface area contributed by atoms with E-state index < -0.39 is 35.4 Å². The normalized spacial score (nSPS) is 41.0. The second-order valence-corrected chi connectivity index (χ2v) is 14.2. The Morgan fingerprint density at radius 1 is 1.02 bits per heavy atom. The number of nitrogens with one attached hydrogen (secondary N) is 1. The third kappa shape index (κ3) is 4.89. The Bertz CT molecular complexity index is 1230.